The number of halogens is 3. The lowest BCUT2D eigenvalue weighted by Gasteiger charge is -2.34. The molecule has 0 N–H and O–H groups in total. The number of alkyl halides is 3. The molecule has 1 aliphatic rings. The zero-order valence-corrected chi connectivity index (χ0v) is 21.5. The molecule has 39 heavy (non-hydrogen) atoms. The van der Waals surface area contributed by atoms with Gasteiger partial charge in [0.2, 0.25) is 0 Å². The molecule has 0 saturated carbocycles. The average Bonchev–Trinajstić information content (AvgIpc) is 3.49. The first-order chi connectivity index (χ1) is 18.7. The van der Waals surface area contributed by atoms with Crippen LogP contribution in [-0.4, -0.2) is 66.3 Å². The molecule has 1 amide bonds. The van der Waals surface area contributed by atoms with E-state index < -0.39 is 11.9 Å². The number of fused-ring (bicyclic) bond motifs is 2. The van der Waals surface area contributed by atoms with E-state index in [9.17, 15) is 18.0 Å². The van der Waals surface area contributed by atoms with E-state index in [1.807, 2.05) is 50.5 Å². The minimum absolute atomic E-state index is 0.0548. The Balaban J connectivity index is 1.33. The van der Waals surface area contributed by atoms with E-state index in [0.29, 0.717) is 31.7 Å². The van der Waals surface area contributed by atoms with Gasteiger partial charge in [0.25, 0.3) is 5.91 Å². The molecule has 2 aromatic carbocycles. The number of carbonyl (C=O) groups excluding carboxylic acids is 1. The number of aryl methyl sites for hydroxylation is 2. The van der Waals surface area contributed by atoms with Crippen LogP contribution in [-0.2, 0) is 19.8 Å². The Morgan fingerprint density at radius 1 is 1.03 bits per heavy atom. The third kappa shape index (κ3) is 4.63. The number of amides is 1. The van der Waals surface area contributed by atoms with Gasteiger partial charge in [-0.15, -0.1) is 0 Å². The van der Waals surface area contributed by atoms with E-state index in [2.05, 4.69) is 20.1 Å². The van der Waals surface area contributed by atoms with Gasteiger partial charge in [0, 0.05) is 57.1 Å². The van der Waals surface area contributed by atoms with Gasteiger partial charge in [-0.25, -0.2) is 9.50 Å². The molecule has 6 rings (SSSR count). The van der Waals surface area contributed by atoms with Crippen molar-refractivity contribution in [2.24, 2.45) is 7.05 Å². The molecule has 0 radical (unpaired) electrons. The number of benzene rings is 2. The van der Waals surface area contributed by atoms with Crippen molar-refractivity contribution in [2.45, 2.75) is 19.6 Å². The number of nitrogens with zero attached hydrogens (tertiary/aromatic N) is 7. The number of piperazine rings is 1. The van der Waals surface area contributed by atoms with E-state index in [0.717, 1.165) is 39.2 Å². The van der Waals surface area contributed by atoms with Crippen LogP contribution >= 0.6 is 0 Å². The summed E-state index contributed by atoms with van der Waals surface area (Å²) in [5.41, 5.74) is 1.76. The van der Waals surface area contributed by atoms with Crippen LogP contribution in [0.2, 0.25) is 0 Å². The van der Waals surface area contributed by atoms with Gasteiger partial charge in [0.15, 0.2) is 11.3 Å². The maximum Gasteiger partial charge on any atom is 0.433 e. The van der Waals surface area contributed by atoms with Crippen molar-refractivity contribution in [2.75, 3.05) is 26.2 Å². The monoisotopic (exact) mass is 533 g/mol. The lowest BCUT2D eigenvalue weighted by Crippen LogP contribution is -2.48. The highest BCUT2D eigenvalue weighted by Gasteiger charge is 2.36. The quantitative estimate of drug-likeness (QED) is 0.339. The second-order valence-corrected chi connectivity index (χ2v) is 9.83. The van der Waals surface area contributed by atoms with Crippen LogP contribution in [0.3, 0.4) is 0 Å². The predicted octanol–water partition coefficient (Wildman–Crippen LogP) is 4.57. The van der Waals surface area contributed by atoms with Crippen LogP contribution in [0, 0.1) is 6.92 Å². The topological polar surface area (TPSA) is 71.6 Å². The van der Waals surface area contributed by atoms with Crippen molar-refractivity contribution in [1.82, 2.24) is 34.2 Å². The molecule has 1 aliphatic heterocycles. The Morgan fingerprint density at radius 3 is 2.49 bits per heavy atom. The highest BCUT2D eigenvalue weighted by atomic mass is 19.4. The number of carbonyl (C=O) groups is 1. The fourth-order valence-corrected chi connectivity index (χ4v) is 5.23. The fraction of sp³-hybridized carbons (Fsp3) is 0.286. The minimum Gasteiger partial charge on any atom is -0.336 e. The summed E-state index contributed by atoms with van der Waals surface area (Å²) < 4.78 is 45.0. The van der Waals surface area contributed by atoms with Crippen LogP contribution in [0.1, 0.15) is 27.3 Å². The molecule has 5 aromatic rings. The second-order valence-electron chi connectivity index (χ2n) is 9.83. The number of rotatable bonds is 4. The van der Waals surface area contributed by atoms with Crippen LogP contribution in [0.25, 0.3) is 27.7 Å². The summed E-state index contributed by atoms with van der Waals surface area (Å²) in [7, 11) is 1.88. The van der Waals surface area contributed by atoms with Crippen molar-refractivity contribution in [1.29, 1.82) is 0 Å². The van der Waals surface area contributed by atoms with Gasteiger partial charge >= 0.3 is 6.18 Å². The zero-order chi connectivity index (χ0) is 27.3. The second kappa shape index (κ2) is 9.49. The molecule has 0 spiro atoms. The highest BCUT2D eigenvalue weighted by Crippen LogP contribution is 2.35. The molecule has 3 aromatic heterocycles. The highest BCUT2D eigenvalue weighted by molar-refractivity contribution is 6.01. The summed E-state index contributed by atoms with van der Waals surface area (Å²) >= 11 is 0. The van der Waals surface area contributed by atoms with Crippen LogP contribution < -0.4 is 0 Å². The number of hydrogen-bond donors (Lipinski definition) is 0. The van der Waals surface area contributed by atoms with Crippen molar-refractivity contribution >= 4 is 22.3 Å². The minimum atomic E-state index is -4.69. The van der Waals surface area contributed by atoms with Gasteiger partial charge in [0.1, 0.15) is 5.56 Å². The Bertz CT molecular complexity index is 1690. The van der Waals surface area contributed by atoms with Crippen molar-refractivity contribution in [3.05, 3.63) is 83.4 Å². The molecule has 1 fully saturated rings. The standard InChI is InChI=1S/C28H26F3N7O/c1-18-20(16-35(2)34-18)17-36-10-12-37(13-11-36)27(39)23-15-32-38-25(28(29,30)31)14-24(33-26(23)38)22-9-5-7-19-6-3-4-8-21(19)22/h3-9,14-16H,10-13,17H2,1-2H3. The zero-order valence-electron chi connectivity index (χ0n) is 21.5. The summed E-state index contributed by atoms with van der Waals surface area (Å²) in [6.07, 6.45) is -1.51. The fourth-order valence-electron chi connectivity index (χ4n) is 5.23. The molecule has 0 unspecified atom stereocenters. The molecule has 1 saturated heterocycles. The van der Waals surface area contributed by atoms with Crippen molar-refractivity contribution < 1.29 is 18.0 Å². The lowest BCUT2D eigenvalue weighted by atomic mass is 10.0. The van der Waals surface area contributed by atoms with E-state index in [4.69, 9.17) is 0 Å². The summed E-state index contributed by atoms with van der Waals surface area (Å²) in [5, 5.41) is 9.99. The molecule has 200 valence electrons. The molecule has 8 nitrogen and oxygen atoms in total. The Labute approximate surface area is 222 Å². The molecular formula is C28H26F3N7O. The first kappa shape index (κ1) is 25.1. The van der Waals surface area contributed by atoms with Crippen molar-refractivity contribution in [3.8, 4) is 11.3 Å². The van der Waals surface area contributed by atoms with E-state index in [-0.39, 0.29) is 22.8 Å². The Kier molecular flexibility index (Phi) is 6.10. The van der Waals surface area contributed by atoms with Gasteiger partial charge in [0.05, 0.1) is 17.6 Å². The normalized spacial score (nSPS) is 14.9. The maximum absolute atomic E-state index is 14.1. The first-order valence-corrected chi connectivity index (χ1v) is 12.6. The van der Waals surface area contributed by atoms with E-state index >= 15 is 0 Å². The molecule has 0 atom stereocenters. The largest absolute Gasteiger partial charge is 0.433 e. The number of aromatic nitrogens is 5. The van der Waals surface area contributed by atoms with E-state index in [1.165, 1.54) is 6.20 Å². The molecule has 0 aliphatic carbocycles. The predicted molar refractivity (Wildman–Crippen MR) is 140 cm³/mol. The van der Waals surface area contributed by atoms with Gasteiger partial charge in [-0.05, 0) is 23.8 Å². The van der Waals surface area contributed by atoms with Gasteiger partial charge in [-0.2, -0.15) is 23.4 Å². The van der Waals surface area contributed by atoms with Crippen LogP contribution in [0.5, 0.6) is 0 Å². The smallest absolute Gasteiger partial charge is 0.336 e. The van der Waals surface area contributed by atoms with Crippen LogP contribution in [0.15, 0.2) is 60.9 Å². The molecule has 11 heteroatoms. The Hall–Kier alpha value is -4.25. The van der Waals surface area contributed by atoms with E-state index in [1.54, 1.807) is 21.7 Å². The SMILES string of the molecule is Cc1nn(C)cc1CN1CCN(C(=O)c2cnn3c(C(F)(F)F)cc(-c4cccc5ccccc45)nc23)CC1. The summed E-state index contributed by atoms with van der Waals surface area (Å²) in [6, 6.07) is 13.9. The number of hydrogen-bond acceptors (Lipinski definition) is 5. The molecular weight excluding hydrogens is 507 g/mol. The molecule has 4 heterocycles. The molecule has 0 bridgehead atoms. The lowest BCUT2D eigenvalue weighted by molar-refractivity contribution is -0.142. The van der Waals surface area contributed by atoms with Gasteiger partial charge in [-0.3, -0.25) is 14.4 Å². The van der Waals surface area contributed by atoms with Gasteiger partial charge in [-0.1, -0.05) is 42.5 Å². The van der Waals surface area contributed by atoms with Gasteiger partial charge < -0.3 is 4.90 Å². The third-order valence-electron chi connectivity index (χ3n) is 7.23. The third-order valence-corrected chi connectivity index (χ3v) is 7.23. The summed E-state index contributed by atoms with van der Waals surface area (Å²) in [5.74, 6) is -0.377. The van der Waals surface area contributed by atoms with Crippen LogP contribution in [0.4, 0.5) is 13.2 Å². The summed E-state index contributed by atoms with van der Waals surface area (Å²) in [6.45, 7) is 4.87. The average molecular weight is 534 g/mol. The maximum atomic E-state index is 14.1. The summed E-state index contributed by atoms with van der Waals surface area (Å²) in [4.78, 5) is 22.0. The Morgan fingerprint density at radius 2 is 1.77 bits per heavy atom. The van der Waals surface area contributed by atoms with Crippen molar-refractivity contribution in [3.63, 3.8) is 0 Å². The first-order valence-electron chi connectivity index (χ1n) is 12.6.